The molecule has 3 heterocycles. The van der Waals surface area contributed by atoms with Crippen molar-refractivity contribution in [2.45, 2.75) is 0 Å². The van der Waals surface area contributed by atoms with E-state index in [1.54, 1.807) is 0 Å². The Labute approximate surface area is 293 Å². The van der Waals surface area contributed by atoms with Crippen LogP contribution in [-0.2, 0) is 0 Å². The molecule has 50 heavy (non-hydrogen) atoms. The molecular weight excluding hydrogens is 679 g/mol. The zero-order chi connectivity index (χ0) is 33.0. The van der Waals surface area contributed by atoms with Crippen molar-refractivity contribution in [2.24, 2.45) is 0 Å². The number of nitrogens with zero attached hydrogens (tertiary/aromatic N) is 4. The van der Waals surface area contributed by atoms with Crippen LogP contribution in [0.4, 0.5) is 0 Å². The Kier molecular flexibility index (Phi) is 6.76. The van der Waals surface area contributed by atoms with E-state index in [-0.39, 0.29) is 14.5 Å². The van der Waals surface area contributed by atoms with Crippen LogP contribution in [0.1, 0.15) is 0 Å². The van der Waals surface area contributed by atoms with E-state index in [0.29, 0.717) is 17.5 Å². The van der Waals surface area contributed by atoms with Gasteiger partial charge in [-0.15, -0.1) is 0 Å². The second-order valence-electron chi connectivity index (χ2n) is 12.2. The quantitative estimate of drug-likeness (QED) is 0.167. The second kappa shape index (κ2) is 11.7. The number of aromatic nitrogens is 4. The third-order valence-corrected chi connectivity index (χ3v) is 11.6. The molecule has 0 bridgehead atoms. The first kappa shape index (κ1) is 28.8. The van der Waals surface area contributed by atoms with Gasteiger partial charge < -0.3 is 4.42 Å². The van der Waals surface area contributed by atoms with Crippen molar-refractivity contribution < 1.29 is 4.42 Å². The van der Waals surface area contributed by atoms with Gasteiger partial charge in [-0.3, -0.25) is 0 Å². The summed E-state index contributed by atoms with van der Waals surface area (Å²) in [4.78, 5) is 20.5. The van der Waals surface area contributed by atoms with Crippen molar-refractivity contribution in [3.8, 4) is 55.4 Å². The van der Waals surface area contributed by atoms with Crippen LogP contribution >= 0.6 is 0 Å². The van der Waals surface area contributed by atoms with Crippen molar-refractivity contribution in [3.63, 3.8) is 0 Å². The first-order valence-corrected chi connectivity index (χ1v) is 18.2. The number of hydrogen-bond donors (Lipinski definition) is 0. The van der Waals surface area contributed by atoms with Crippen molar-refractivity contribution in [1.82, 2.24) is 19.9 Å². The van der Waals surface area contributed by atoms with E-state index < -0.39 is 0 Å². The monoisotopic (exact) mass is 706 g/mol. The summed E-state index contributed by atoms with van der Waals surface area (Å²) in [5.41, 5.74) is 8.84. The van der Waals surface area contributed by atoms with Gasteiger partial charge in [-0.2, -0.15) is 0 Å². The molecule has 0 unspecified atom stereocenters. The third-order valence-electron chi connectivity index (χ3n) is 9.18. The summed E-state index contributed by atoms with van der Waals surface area (Å²) in [6.45, 7) is 0. The molecule has 0 aliphatic heterocycles. The van der Waals surface area contributed by atoms with Crippen LogP contribution in [0.3, 0.4) is 0 Å². The summed E-state index contributed by atoms with van der Waals surface area (Å²) in [5, 5.41) is 4.48. The Balaban J connectivity index is 1.17. The van der Waals surface area contributed by atoms with Gasteiger partial charge in [0.05, 0.1) is 0 Å². The molecule has 0 aliphatic carbocycles. The van der Waals surface area contributed by atoms with Gasteiger partial charge in [0.15, 0.2) is 0 Å². The molecule has 0 saturated carbocycles. The van der Waals surface area contributed by atoms with Crippen LogP contribution in [0.5, 0.6) is 0 Å². The Hall–Kier alpha value is -6.20. The fourth-order valence-electron chi connectivity index (χ4n) is 6.80. The van der Waals surface area contributed by atoms with E-state index >= 15 is 0 Å². The van der Waals surface area contributed by atoms with E-state index in [4.69, 9.17) is 24.4 Å². The summed E-state index contributed by atoms with van der Waals surface area (Å²) in [6.07, 6.45) is 0. The first-order chi connectivity index (χ1) is 24.8. The summed E-state index contributed by atoms with van der Waals surface area (Å²) in [5.74, 6) is 1.84. The molecule has 0 spiro atoms. The first-order valence-electron chi connectivity index (χ1n) is 16.5. The number of benzene rings is 7. The number of hydrogen-bond acceptors (Lipinski definition) is 5. The van der Waals surface area contributed by atoms with Crippen molar-refractivity contribution in [1.29, 1.82) is 0 Å². The molecule has 0 N–H and O–H groups in total. The summed E-state index contributed by atoms with van der Waals surface area (Å²) < 4.78 is 8.73. The zero-order valence-corrected chi connectivity index (χ0v) is 28.3. The minimum absolute atomic E-state index is 0.0975. The van der Waals surface area contributed by atoms with Gasteiger partial charge in [0.1, 0.15) is 5.58 Å². The molecule has 7 aromatic carbocycles. The van der Waals surface area contributed by atoms with Crippen molar-refractivity contribution >= 4 is 57.0 Å². The SMILES string of the molecule is c1ccc(-c2nc(-c3ccccc3-c3ccc4ccc5nc(-c6ccccc6)[se]c5c4c3)nc(-c3cccc4oc5ccccc5c34)n2)cc1. The molecule has 5 nitrogen and oxygen atoms in total. The number of rotatable bonds is 5. The molecule has 0 fully saturated rings. The Morgan fingerprint density at radius 1 is 0.420 bits per heavy atom. The second-order valence-corrected chi connectivity index (χ2v) is 14.3. The van der Waals surface area contributed by atoms with Gasteiger partial charge in [-0.05, 0) is 12.1 Å². The molecule has 0 aliphatic rings. The molecule has 10 aromatic rings. The topological polar surface area (TPSA) is 64.7 Å². The van der Waals surface area contributed by atoms with E-state index in [9.17, 15) is 0 Å². The van der Waals surface area contributed by atoms with E-state index in [1.165, 1.54) is 20.6 Å². The minimum atomic E-state index is 0.0975. The van der Waals surface area contributed by atoms with Crippen LogP contribution < -0.4 is 0 Å². The summed E-state index contributed by atoms with van der Waals surface area (Å²) >= 11 is 0.0975. The fourth-order valence-corrected chi connectivity index (χ4v) is 9.10. The van der Waals surface area contributed by atoms with E-state index in [1.807, 2.05) is 60.7 Å². The molecule has 0 saturated heterocycles. The third kappa shape index (κ3) is 4.85. The maximum absolute atomic E-state index is 6.24. The standard InChI is InChI=1S/C44H26N4OSe/c1-3-12-28(13-4-1)41-46-42(48-43(47-41)34-19-11-21-38-39(34)33-18-9-10-20-37(33)49-38)32-17-8-7-16-31(32)30-23-22-27-24-25-36-40(35(27)26-30)50-44(45-36)29-14-5-2-6-15-29/h1-26H. The Morgan fingerprint density at radius 3 is 1.90 bits per heavy atom. The van der Waals surface area contributed by atoms with Gasteiger partial charge in [-0.25, -0.2) is 0 Å². The molecule has 0 atom stereocenters. The maximum atomic E-state index is 6.24. The van der Waals surface area contributed by atoms with Crippen LogP contribution in [0.15, 0.2) is 162 Å². The molecule has 0 radical (unpaired) electrons. The normalized spacial score (nSPS) is 11.6. The molecule has 10 rings (SSSR count). The summed E-state index contributed by atoms with van der Waals surface area (Å²) in [7, 11) is 0. The average molecular weight is 706 g/mol. The number of para-hydroxylation sites is 1. The predicted molar refractivity (Wildman–Crippen MR) is 204 cm³/mol. The van der Waals surface area contributed by atoms with Crippen LogP contribution in [0, 0.1) is 0 Å². The summed E-state index contributed by atoms with van der Waals surface area (Å²) in [6, 6.07) is 54.3. The van der Waals surface area contributed by atoms with Gasteiger partial charge >= 0.3 is 248 Å². The zero-order valence-electron chi connectivity index (χ0n) is 26.6. The van der Waals surface area contributed by atoms with Gasteiger partial charge in [0, 0.05) is 0 Å². The van der Waals surface area contributed by atoms with Gasteiger partial charge in [0.25, 0.3) is 0 Å². The van der Waals surface area contributed by atoms with Crippen LogP contribution in [0.2, 0.25) is 0 Å². The van der Waals surface area contributed by atoms with Crippen molar-refractivity contribution in [3.05, 3.63) is 158 Å². The Morgan fingerprint density at radius 2 is 1.06 bits per heavy atom. The fraction of sp³-hybridized carbons (Fsp3) is 0. The van der Waals surface area contributed by atoms with Crippen LogP contribution in [0.25, 0.3) is 97.9 Å². The van der Waals surface area contributed by atoms with Crippen LogP contribution in [-0.4, -0.2) is 34.4 Å². The average Bonchev–Trinajstić information content (AvgIpc) is 3.81. The Bertz CT molecular complexity index is 2880. The molecule has 3 aromatic heterocycles. The van der Waals surface area contributed by atoms with Gasteiger partial charge in [-0.1, -0.05) is 24.3 Å². The molecular formula is C44H26N4OSe. The van der Waals surface area contributed by atoms with E-state index in [2.05, 4.69) is 97.1 Å². The van der Waals surface area contributed by atoms with E-state index in [0.717, 1.165) is 59.8 Å². The van der Waals surface area contributed by atoms with Crippen molar-refractivity contribution in [2.75, 3.05) is 0 Å². The molecule has 0 amide bonds. The predicted octanol–water partition coefficient (Wildman–Crippen LogP) is 10.9. The molecule has 6 heteroatoms. The molecule has 234 valence electrons. The number of furan rings is 1. The number of fused-ring (bicyclic) bond motifs is 6. The van der Waals surface area contributed by atoms with Gasteiger partial charge in [0.2, 0.25) is 0 Å².